The number of hydrogen-bond acceptors (Lipinski definition) is 4. The second-order valence-electron chi connectivity index (χ2n) is 6.99. The maximum Gasteiger partial charge on any atom is 0.235 e. The molecule has 2 aromatic heterocycles. The van der Waals surface area contributed by atoms with E-state index in [1.54, 1.807) is 19.6 Å². The average molecular weight is 383 g/mol. The van der Waals surface area contributed by atoms with Gasteiger partial charge in [-0.3, -0.25) is 0 Å². The highest BCUT2D eigenvalue weighted by atomic mass is 16.5. The van der Waals surface area contributed by atoms with Crippen LogP contribution in [-0.2, 0) is 19.5 Å². The Labute approximate surface area is 166 Å². The Morgan fingerprint density at radius 1 is 1.04 bits per heavy atom. The molecule has 0 spiro atoms. The van der Waals surface area contributed by atoms with Crippen LogP contribution in [0.15, 0.2) is 43.0 Å². The van der Waals surface area contributed by atoms with Gasteiger partial charge >= 0.3 is 0 Å². The van der Waals surface area contributed by atoms with Crippen LogP contribution in [0.5, 0.6) is 17.4 Å². The van der Waals surface area contributed by atoms with E-state index in [2.05, 4.69) is 11.9 Å². The highest BCUT2D eigenvalue weighted by Gasteiger charge is 2.23. The first-order valence-electron chi connectivity index (χ1n) is 9.89. The maximum absolute atomic E-state index is 10.6. The number of hydrogen-bond donors (Lipinski definition) is 2. The van der Waals surface area contributed by atoms with E-state index in [1.165, 1.54) is 0 Å². The number of aryl methyl sites for hydroxylation is 1. The van der Waals surface area contributed by atoms with Crippen molar-refractivity contribution in [2.24, 2.45) is 0 Å². The summed E-state index contributed by atoms with van der Waals surface area (Å²) in [6, 6.07) is 7.76. The van der Waals surface area contributed by atoms with E-state index in [0.29, 0.717) is 6.54 Å². The van der Waals surface area contributed by atoms with Gasteiger partial charge < -0.3 is 24.1 Å². The van der Waals surface area contributed by atoms with Gasteiger partial charge in [-0.1, -0.05) is 19.8 Å². The number of methoxy groups -OCH3 is 1. The molecule has 150 valence electrons. The summed E-state index contributed by atoms with van der Waals surface area (Å²) < 4.78 is 9.10. The predicted molar refractivity (Wildman–Crippen MR) is 110 cm³/mol. The third kappa shape index (κ3) is 4.32. The highest BCUT2D eigenvalue weighted by Crippen LogP contribution is 2.42. The summed E-state index contributed by atoms with van der Waals surface area (Å²) in [5.74, 6) is 0.732. The largest absolute Gasteiger partial charge is 0.503 e. The number of benzene rings is 1. The number of aromatic nitrogens is 3. The van der Waals surface area contributed by atoms with Gasteiger partial charge in [0.15, 0.2) is 5.75 Å². The molecule has 6 heteroatoms. The first-order valence-corrected chi connectivity index (χ1v) is 9.89. The molecule has 0 aliphatic heterocycles. The third-order valence-electron chi connectivity index (χ3n) is 5.06. The van der Waals surface area contributed by atoms with E-state index in [-0.39, 0.29) is 11.6 Å². The quantitative estimate of drug-likeness (QED) is 0.502. The van der Waals surface area contributed by atoms with Gasteiger partial charge in [0, 0.05) is 31.0 Å². The van der Waals surface area contributed by atoms with Crippen LogP contribution in [-0.4, -0.2) is 31.4 Å². The fourth-order valence-electron chi connectivity index (χ4n) is 3.56. The Hall–Kier alpha value is -2.89. The molecule has 0 bridgehead atoms. The van der Waals surface area contributed by atoms with Crippen molar-refractivity contribution in [3.8, 4) is 28.6 Å². The molecule has 2 heterocycles. The SMILES string of the molecule is CCCCCc1c(O)c(O)n(CCCn2ccnc2)c1-c1ccc(OC)cc1. The lowest BCUT2D eigenvalue weighted by Gasteiger charge is -2.13. The lowest BCUT2D eigenvalue weighted by Crippen LogP contribution is -2.05. The fraction of sp³-hybridized carbons (Fsp3) is 0.409. The standard InChI is InChI=1S/C22H29N3O3/c1-3-4-5-7-19-20(17-8-10-18(28-2)11-9-17)25(22(27)21(19)26)14-6-13-24-15-12-23-16-24/h8-12,15-16,26-27H,3-7,13-14H2,1-2H3. The van der Waals surface area contributed by atoms with Crippen LogP contribution < -0.4 is 4.74 Å². The number of unbranched alkanes of at least 4 members (excludes halogenated alkanes) is 2. The first kappa shape index (κ1) is 19.9. The molecule has 2 N–H and O–H groups in total. The Morgan fingerprint density at radius 3 is 2.46 bits per heavy atom. The molecule has 0 unspecified atom stereocenters. The Morgan fingerprint density at radius 2 is 1.82 bits per heavy atom. The number of aromatic hydroxyl groups is 2. The Kier molecular flexibility index (Phi) is 6.63. The zero-order chi connectivity index (χ0) is 19.9. The van der Waals surface area contributed by atoms with E-state index in [4.69, 9.17) is 4.74 Å². The van der Waals surface area contributed by atoms with Gasteiger partial charge in [-0.15, -0.1) is 0 Å². The average Bonchev–Trinajstić information content (AvgIpc) is 3.31. The molecule has 0 fully saturated rings. The molecule has 1 aromatic carbocycles. The van der Waals surface area contributed by atoms with Crippen molar-refractivity contribution in [2.45, 2.75) is 52.1 Å². The van der Waals surface area contributed by atoms with Crippen molar-refractivity contribution in [1.82, 2.24) is 14.1 Å². The number of nitrogens with zero attached hydrogens (tertiary/aromatic N) is 3. The molecule has 0 saturated heterocycles. The molecule has 0 radical (unpaired) electrons. The van der Waals surface area contributed by atoms with Crippen molar-refractivity contribution < 1.29 is 14.9 Å². The molecule has 0 amide bonds. The lowest BCUT2D eigenvalue weighted by atomic mass is 10.0. The summed E-state index contributed by atoms with van der Waals surface area (Å²) in [6.45, 7) is 3.56. The Balaban J connectivity index is 1.92. The summed E-state index contributed by atoms with van der Waals surface area (Å²) in [6.07, 6.45) is 10.2. The van der Waals surface area contributed by atoms with E-state index >= 15 is 0 Å². The molecule has 3 rings (SSSR count). The highest BCUT2D eigenvalue weighted by molar-refractivity contribution is 5.71. The van der Waals surface area contributed by atoms with E-state index in [1.807, 2.05) is 39.6 Å². The minimum absolute atomic E-state index is 0.00421. The van der Waals surface area contributed by atoms with Gasteiger partial charge in [-0.05, 0) is 49.1 Å². The van der Waals surface area contributed by atoms with E-state index < -0.39 is 0 Å². The van der Waals surface area contributed by atoms with Crippen LogP contribution in [0.4, 0.5) is 0 Å². The van der Waals surface area contributed by atoms with Crippen LogP contribution in [0, 0.1) is 0 Å². The molecular formula is C22H29N3O3. The van der Waals surface area contributed by atoms with Crippen molar-refractivity contribution in [3.05, 3.63) is 48.5 Å². The molecule has 6 nitrogen and oxygen atoms in total. The van der Waals surface area contributed by atoms with Gasteiger partial charge in [0.05, 0.1) is 19.1 Å². The minimum Gasteiger partial charge on any atom is -0.503 e. The van der Waals surface area contributed by atoms with Crippen LogP contribution in [0.25, 0.3) is 11.3 Å². The Bertz CT molecular complexity index is 868. The minimum atomic E-state index is -0.0528. The summed E-state index contributed by atoms with van der Waals surface area (Å²) in [7, 11) is 1.64. The molecule has 0 aliphatic rings. The van der Waals surface area contributed by atoms with Gasteiger partial charge in [0.25, 0.3) is 0 Å². The molecular weight excluding hydrogens is 354 g/mol. The zero-order valence-electron chi connectivity index (χ0n) is 16.6. The third-order valence-corrected chi connectivity index (χ3v) is 5.06. The normalized spacial score (nSPS) is 11.1. The fourth-order valence-corrected chi connectivity index (χ4v) is 3.56. The van der Waals surface area contributed by atoms with Crippen molar-refractivity contribution in [1.29, 1.82) is 0 Å². The van der Waals surface area contributed by atoms with Gasteiger partial charge in [-0.25, -0.2) is 4.98 Å². The van der Waals surface area contributed by atoms with Crippen LogP contribution in [0.1, 0.15) is 38.2 Å². The van der Waals surface area contributed by atoms with Crippen molar-refractivity contribution in [3.63, 3.8) is 0 Å². The zero-order valence-corrected chi connectivity index (χ0v) is 16.6. The summed E-state index contributed by atoms with van der Waals surface area (Å²) >= 11 is 0. The number of rotatable bonds is 10. The lowest BCUT2D eigenvalue weighted by molar-refractivity contribution is 0.367. The number of imidazole rings is 1. The second-order valence-corrected chi connectivity index (χ2v) is 6.99. The monoisotopic (exact) mass is 383 g/mol. The topological polar surface area (TPSA) is 72.4 Å². The molecule has 0 atom stereocenters. The first-order chi connectivity index (χ1) is 13.7. The van der Waals surface area contributed by atoms with E-state index in [0.717, 1.165) is 61.2 Å². The molecule has 3 aromatic rings. The van der Waals surface area contributed by atoms with Crippen LogP contribution in [0.2, 0.25) is 0 Å². The van der Waals surface area contributed by atoms with Gasteiger partial charge in [0.2, 0.25) is 5.88 Å². The predicted octanol–water partition coefficient (Wildman–Crippen LogP) is 4.59. The maximum atomic E-state index is 10.6. The van der Waals surface area contributed by atoms with Gasteiger partial charge in [-0.2, -0.15) is 0 Å². The van der Waals surface area contributed by atoms with Gasteiger partial charge in [0.1, 0.15) is 5.75 Å². The summed E-state index contributed by atoms with van der Waals surface area (Å²) in [4.78, 5) is 4.06. The summed E-state index contributed by atoms with van der Waals surface area (Å²) in [5.41, 5.74) is 2.67. The van der Waals surface area contributed by atoms with Crippen LogP contribution in [0.3, 0.4) is 0 Å². The number of ether oxygens (including phenoxy) is 1. The van der Waals surface area contributed by atoms with Crippen molar-refractivity contribution >= 4 is 0 Å². The van der Waals surface area contributed by atoms with Crippen molar-refractivity contribution in [2.75, 3.05) is 7.11 Å². The smallest absolute Gasteiger partial charge is 0.235 e. The summed E-state index contributed by atoms with van der Waals surface area (Å²) in [5, 5.41) is 21.3. The van der Waals surface area contributed by atoms with E-state index in [9.17, 15) is 10.2 Å². The molecule has 0 saturated carbocycles. The molecule has 0 aliphatic carbocycles. The van der Waals surface area contributed by atoms with Crippen LogP contribution >= 0.6 is 0 Å². The second kappa shape index (κ2) is 9.35. The molecule has 28 heavy (non-hydrogen) atoms.